The molecule has 0 atom stereocenters. The Labute approximate surface area is 206 Å². The third-order valence-corrected chi connectivity index (χ3v) is 5.91. The lowest BCUT2D eigenvalue weighted by atomic mass is 10.2. The van der Waals surface area contributed by atoms with Crippen LogP contribution in [-0.4, -0.2) is 61.0 Å². The molecule has 2 N–H and O–H groups in total. The van der Waals surface area contributed by atoms with Crippen molar-refractivity contribution in [3.63, 3.8) is 0 Å². The van der Waals surface area contributed by atoms with E-state index in [2.05, 4.69) is 56.9 Å². The van der Waals surface area contributed by atoms with Crippen LogP contribution in [0.3, 0.4) is 0 Å². The number of benzene rings is 1. The lowest BCUT2D eigenvalue weighted by Gasteiger charge is -2.36. The summed E-state index contributed by atoms with van der Waals surface area (Å²) < 4.78 is 0. The highest BCUT2D eigenvalue weighted by molar-refractivity contribution is 14.0. The van der Waals surface area contributed by atoms with Crippen LogP contribution in [0.25, 0.3) is 0 Å². The van der Waals surface area contributed by atoms with Crippen molar-refractivity contribution in [1.29, 1.82) is 0 Å². The molecule has 2 aromatic rings. The van der Waals surface area contributed by atoms with Crippen molar-refractivity contribution in [3.8, 4) is 0 Å². The van der Waals surface area contributed by atoms with E-state index < -0.39 is 0 Å². The summed E-state index contributed by atoms with van der Waals surface area (Å²) in [6.07, 6.45) is 0. The van der Waals surface area contributed by atoms with E-state index in [0.717, 1.165) is 43.4 Å². The van der Waals surface area contributed by atoms with E-state index in [1.165, 1.54) is 5.69 Å². The van der Waals surface area contributed by atoms with Gasteiger partial charge in [0.05, 0.1) is 12.2 Å². The van der Waals surface area contributed by atoms with Gasteiger partial charge in [-0.05, 0) is 25.0 Å². The first-order valence-electron chi connectivity index (χ1n) is 10.6. The van der Waals surface area contributed by atoms with Crippen molar-refractivity contribution in [2.45, 2.75) is 33.2 Å². The van der Waals surface area contributed by atoms with E-state index in [-0.39, 0.29) is 36.4 Å². The number of anilines is 1. The highest BCUT2D eigenvalue weighted by atomic mass is 127. The fourth-order valence-electron chi connectivity index (χ4n) is 3.27. The van der Waals surface area contributed by atoms with E-state index in [1.54, 1.807) is 11.3 Å². The van der Waals surface area contributed by atoms with Gasteiger partial charge in [0.1, 0.15) is 11.6 Å². The monoisotopic (exact) mass is 556 g/mol. The summed E-state index contributed by atoms with van der Waals surface area (Å²) in [7, 11) is 0. The van der Waals surface area contributed by atoms with Crippen LogP contribution in [0.5, 0.6) is 0 Å². The van der Waals surface area contributed by atoms with Crippen LogP contribution in [0.2, 0.25) is 0 Å². The van der Waals surface area contributed by atoms with Crippen LogP contribution in [-0.2, 0) is 11.3 Å². The first-order valence-corrected chi connectivity index (χ1v) is 11.5. The molecule has 31 heavy (non-hydrogen) atoms. The van der Waals surface area contributed by atoms with Gasteiger partial charge < -0.3 is 20.4 Å². The molecule has 1 fully saturated rings. The van der Waals surface area contributed by atoms with E-state index in [9.17, 15) is 4.79 Å². The van der Waals surface area contributed by atoms with Gasteiger partial charge in [0.15, 0.2) is 5.96 Å². The van der Waals surface area contributed by atoms with Gasteiger partial charge in [-0.2, -0.15) is 0 Å². The van der Waals surface area contributed by atoms with Gasteiger partial charge in [0.25, 0.3) is 0 Å². The molecule has 7 nitrogen and oxygen atoms in total. The van der Waals surface area contributed by atoms with Crippen LogP contribution in [0.4, 0.5) is 5.69 Å². The van der Waals surface area contributed by atoms with Crippen molar-refractivity contribution in [2.24, 2.45) is 4.99 Å². The Bertz CT molecular complexity index is 834. The third-order valence-electron chi connectivity index (χ3n) is 5.04. The van der Waals surface area contributed by atoms with Gasteiger partial charge in [-0.3, -0.25) is 4.79 Å². The first kappa shape index (κ1) is 25.4. The van der Waals surface area contributed by atoms with Crippen LogP contribution in [0.15, 0.2) is 40.7 Å². The molecule has 2 heterocycles. The number of nitrogens with one attached hydrogen (secondary N) is 2. The van der Waals surface area contributed by atoms with Crippen LogP contribution >= 0.6 is 35.3 Å². The van der Waals surface area contributed by atoms with Gasteiger partial charge in [-0.15, -0.1) is 35.3 Å². The topological polar surface area (TPSA) is 72.9 Å². The number of hydrogen-bond acceptors (Lipinski definition) is 5. The first-order chi connectivity index (χ1) is 14.6. The van der Waals surface area contributed by atoms with Crippen molar-refractivity contribution >= 4 is 52.9 Å². The Morgan fingerprint density at radius 1 is 1.16 bits per heavy atom. The summed E-state index contributed by atoms with van der Waals surface area (Å²) >= 11 is 1.65. The number of nitrogens with zero attached hydrogens (tertiary/aromatic N) is 4. The number of para-hydroxylation sites is 1. The molecule has 0 saturated carbocycles. The summed E-state index contributed by atoms with van der Waals surface area (Å²) in [5.41, 5.74) is 2.33. The molecule has 170 valence electrons. The minimum Gasteiger partial charge on any atom is -0.368 e. The van der Waals surface area contributed by atoms with E-state index in [1.807, 2.05) is 30.0 Å². The number of aromatic nitrogens is 1. The molecule has 3 rings (SSSR count). The van der Waals surface area contributed by atoms with Crippen molar-refractivity contribution in [1.82, 2.24) is 20.5 Å². The number of rotatable bonds is 7. The molecular weight excluding hydrogens is 523 g/mol. The Morgan fingerprint density at radius 3 is 2.48 bits per heavy atom. The standard InChI is InChI=1S/C22H32N6OS.HI/c1-4-23-22(24-14-20-26-19(16-30-20)17(2)3)25-15-21(29)28-12-10-27(11-13-28)18-8-6-5-7-9-18;/h5-9,16-17H,4,10-15H2,1-3H3,(H2,23,24,25);1H. The number of aliphatic imine (C=N–C) groups is 1. The maximum Gasteiger partial charge on any atom is 0.244 e. The number of carbonyl (C=O) groups is 1. The minimum atomic E-state index is 0. The molecule has 1 saturated heterocycles. The largest absolute Gasteiger partial charge is 0.368 e. The van der Waals surface area contributed by atoms with E-state index >= 15 is 0 Å². The number of piperazine rings is 1. The molecule has 0 bridgehead atoms. The molecule has 0 aliphatic carbocycles. The number of thiazole rings is 1. The SMILES string of the molecule is CCNC(=NCC(=O)N1CCN(c2ccccc2)CC1)NCc1nc(C(C)C)cs1.I. The molecule has 0 radical (unpaired) electrons. The Hall–Kier alpha value is -1.88. The van der Waals surface area contributed by atoms with E-state index in [0.29, 0.717) is 18.4 Å². The predicted molar refractivity (Wildman–Crippen MR) is 140 cm³/mol. The number of guanidine groups is 1. The van der Waals surface area contributed by atoms with Crippen LogP contribution in [0.1, 0.15) is 37.4 Å². The van der Waals surface area contributed by atoms with Gasteiger partial charge in [-0.1, -0.05) is 32.0 Å². The normalized spacial score (nSPS) is 14.4. The summed E-state index contributed by atoms with van der Waals surface area (Å²) in [6.45, 7) is 10.9. The van der Waals surface area contributed by atoms with Crippen LogP contribution < -0.4 is 15.5 Å². The number of amides is 1. The van der Waals surface area contributed by atoms with Crippen molar-refractivity contribution in [2.75, 3.05) is 44.2 Å². The second kappa shape index (κ2) is 12.8. The van der Waals surface area contributed by atoms with Gasteiger partial charge in [0.2, 0.25) is 5.91 Å². The zero-order valence-electron chi connectivity index (χ0n) is 18.5. The molecule has 1 amide bonds. The highest BCUT2D eigenvalue weighted by Crippen LogP contribution is 2.17. The molecule has 9 heteroatoms. The average molecular weight is 557 g/mol. The highest BCUT2D eigenvalue weighted by Gasteiger charge is 2.21. The molecular formula is C22H33IN6OS. The molecule has 1 aromatic carbocycles. The number of carbonyl (C=O) groups excluding carboxylic acids is 1. The Balaban J connectivity index is 0.00000341. The second-order valence-electron chi connectivity index (χ2n) is 7.57. The molecule has 0 spiro atoms. The molecule has 1 aliphatic heterocycles. The van der Waals surface area contributed by atoms with Crippen LogP contribution in [0, 0.1) is 0 Å². The van der Waals surface area contributed by atoms with Crippen molar-refractivity contribution < 1.29 is 4.79 Å². The maximum atomic E-state index is 12.6. The van der Waals surface area contributed by atoms with E-state index in [4.69, 9.17) is 0 Å². The Kier molecular flexibility index (Phi) is 10.5. The number of halogens is 1. The second-order valence-corrected chi connectivity index (χ2v) is 8.52. The molecule has 0 unspecified atom stereocenters. The van der Waals surface area contributed by atoms with Gasteiger partial charge in [0, 0.05) is 43.8 Å². The minimum absolute atomic E-state index is 0. The Morgan fingerprint density at radius 2 is 1.87 bits per heavy atom. The maximum absolute atomic E-state index is 12.6. The quantitative estimate of drug-likeness (QED) is 0.311. The lowest BCUT2D eigenvalue weighted by Crippen LogP contribution is -2.49. The summed E-state index contributed by atoms with van der Waals surface area (Å²) in [4.78, 5) is 26.0. The fourth-order valence-corrected chi connectivity index (χ4v) is 4.17. The van der Waals surface area contributed by atoms with Gasteiger partial charge >= 0.3 is 0 Å². The lowest BCUT2D eigenvalue weighted by molar-refractivity contribution is -0.129. The zero-order chi connectivity index (χ0) is 21.3. The third kappa shape index (κ3) is 7.64. The molecule has 1 aliphatic rings. The van der Waals surface area contributed by atoms with Gasteiger partial charge in [-0.25, -0.2) is 9.98 Å². The number of hydrogen-bond donors (Lipinski definition) is 2. The summed E-state index contributed by atoms with van der Waals surface area (Å²) in [5.74, 6) is 1.14. The fraction of sp³-hybridized carbons (Fsp3) is 0.500. The smallest absolute Gasteiger partial charge is 0.244 e. The van der Waals surface area contributed by atoms with Crippen molar-refractivity contribution in [3.05, 3.63) is 46.4 Å². The summed E-state index contributed by atoms with van der Waals surface area (Å²) in [5, 5.41) is 9.61. The average Bonchev–Trinajstić information content (AvgIpc) is 3.26. The predicted octanol–water partition coefficient (Wildman–Crippen LogP) is 3.29. The zero-order valence-corrected chi connectivity index (χ0v) is 21.7. The molecule has 1 aromatic heterocycles. The summed E-state index contributed by atoms with van der Waals surface area (Å²) in [6, 6.07) is 10.3.